The molecule has 3 aromatic rings. The molecule has 1 aromatic heterocycles. The predicted molar refractivity (Wildman–Crippen MR) is 101 cm³/mol. The maximum atomic E-state index is 12.1. The van der Waals surface area contributed by atoms with Gasteiger partial charge in [-0.3, -0.25) is 10.1 Å². The molecule has 0 saturated heterocycles. The molecular weight excluding hydrogens is 344 g/mol. The molecule has 0 aliphatic carbocycles. The van der Waals surface area contributed by atoms with Crippen LogP contribution in [-0.2, 0) is 11.3 Å². The molecule has 0 aliphatic rings. The van der Waals surface area contributed by atoms with Crippen LogP contribution in [0.5, 0.6) is 0 Å². The van der Waals surface area contributed by atoms with Crippen LogP contribution >= 0.6 is 0 Å². The summed E-state index contributed by atoms with van der Waals surface area (Å²) in [5, 5.41) is 17.0. The molecule has 0 spiro atoms. The maximum absolute atomic E-state index is 12.1. The molecule has 0 aliphatic heterocycles. The first-order valence-electron chi connectivity index (χ1n) is 8.44. The zero-order valence-corrected chi connectivity index (χ0v) is 15.4. The number of amides is 3. The van der Waals surface area contributed by atoms with E-state index in [1.165, 1.54) is 0 Å². The van der Waals surface area contributed by atoms with Gasteiger partial charge in [0, 0.05) is 11.3 Å². The van der Waals surface area contributed by atoms with Gasteiger partial charge in [-0.2, -0.15) is 4.80 Å². The van der Waals surface area contributed by atoms with Gasteiger partial charge in [0.15, 0.2) is 0 Å². The van der Waals surface area contributed by atoms with E-state index >= 15 is 0 Å². The molecule has 0 bridgehead atoms. The topological polar surface area (TPSA) is 102 Å². The molecule has 8 nitrogen and oxygen atoms in total. The van der Waals surface area contributed by atoms with E-state index in [1.54, 1.807) is 6.07 Å². The number of nitrogens with zero attached hydrogens (tertiary/aromatic N) is 4. The first-order chi connectivity index (χ1) is 12.9. The maximum Gasteiger partial charge on any atom is 0.325 e. The van der Waals surface area contributed by atoms with Crippen molar-refractivity contribution in [1.29, 1.82) is 0 Å². The van der Waals surface area contributed by atoms with Gasteiger partial charge in [0.2, 0.25) is 5.82 Å². The Bertz CT molecular complexity index is 995. The predicted octanol–water partition coefficient (Wildman–Crippen LogP) is 2.61. The van der Waals surface area contributed by atoms with Gasteiger partial charge in [-0.25, -0.2) is 4.79 Å². The van der Waals surface area contributed by atoms with Crippen molar-refractivity contribution in [2.45, 2.75) is 27.3 Å². The summed E-state index contributed by atoms with van der Waals surface area (Å²) in [6.45, 7) is 5.59. The highest BCUT2D eigenvalue weighted by Gasteiger charge is 2.13. The van der Waals surface area contributed by atoms with Crippen molar-refractivity contribution in [2.75, 3.05) is 5.32 Å². The molecule has 8 heteroatoms. The van der Waals surface area contributed by atoms with Crippen LogP contribution in [0.1, 0.15) is 16.7 Å². The number of imide groups is 1. The minimum Gasteiger partial charge on any atom is -0.307 e. The molecule has 2 N–H and O–H groups in total. The summed E-state index contributed by atoms with van der Waals surface area (Å²) in [5.41, 5.74) is 4.51. The second-order valence-electron chi connectivity index (χ2n) is 6.28. The number of benzene rings is 2. The van der Waals surface area contributed by atoms with Gasteiger partial charge in [-0.1, -0.05) is 42.0 Å². The van der Waals surface area contributed by atoms with Gasteiger partial charge < -0.3 is 5.32 Å². The van der Waals surface area contributed by atoms with Gasteiger partial charge >= 0.3 is 6.03 Å². The summed E-state index contributed by atoms with van der Waals surface area (Å²) < 4.78 is 0. The molecular formula is C19H20N6O2. The molecule has 0 unspecified atom stereocenters. The Balaban J connectivity index is 1.59. The van der Waals surface area contributed by atoms with Gasteiger partial charge in [-0.15, -0.1) is 10.2 Å². The van der Waals surface area contributed by atoms with E-state index in [0.29, 0.717) is 11.5 Å². The van der Waals surface area contributed by atoms with Crippen molar-refractivity contribution in [1.82, 2.24) is 25.5 Å². The summed E-state index contributed by atoms with van der Waals surface area (Å²) >= 11 is 0. The highest BCUT2D eigenvalue weighted by atomic mass is 16.2. The van der Waals surface area contributed by atoms with Crippen LogP contribution in [-0.4, -0.2) is 32.1 Å². The highest BCUT2D eigenvalue weighted by Crippen LogP contribution is 2.18. The summed E-state index contributed by atoms with van der Waals surface area (Å²) in [6, 6.07) is 12.7. The Morgan fingerprint density at radius 2 is 1.81 bits per heavy atom. The smallest absolute Gasteiger partial charge is 0.307 e. The SMILES string of the molecule is Cc1ccc(NC(=O)NC(=O)Cn2nnc(-c3ccccc3C)n2)c(C)c1. The molecule has 2 aromatic carbocycles. The number of hydrogen-bond donors (Lipinski definition) is 2. The van der Waals surface area contributed by atoms with E-state index < -0.39 is 11.9 Å². The summed E-state index contributed by atoms with van der Waals surface area (Å²) in [6.07, 6.45) is 0. The zero-order valence-electron chi connectivity index (χ0n) is 15.4. The lowest BCUT2D eigenvalue weighted by atomic mass is 10.1. The number of hydrogen-bond acceptors (Lipinski definition) is 5. The first kappa shape index (κ1) is 18.2. The van der Waals surface area contributed by atoms with Crippen LogP contribution < -0.4 is 10.6 Å². The fourth-order valence-electron chi connectivity index (χ4n) is 2.64. The highest BCUT2D eigenvalue weighted by molar-refractivity contribution is 6.01. The number of aryl methyl sites for hydroxylation is 3. The monoisotopic (exact) mass is 364 g/mol. The number of carbonyl (C=O) groups is 2. The van der Waals surface area contributed by atoms with Crippen molar-refractivity contribution >= 4 is 17.6 Å². The Hall–Kier alpha value is -3.55. The van der Waals surface area contributed by atoms with Crippen LogP contribution in [0.25, 0.3) is 11.4 Å². The van der Waals surface area contributed by atoms with Crippen LogP contribution in [0.2, 0.25) is 0 Å². The van der Waals surface area contributed by atoms with Gasteiger partial charge in [0.25, 0.3) is 5.91 Å². The van der Waals surface area contributed by atoms with E-state index in [-0.39, 0.29) is 6.54 Å². The van der Waals surface area contributed by atoms with E-state index in [9.17, 15) is 9.59 Å². The van der Waals surface area contributed by atoms with Crippen LogP contribution in [0.4, 0.5) is 10.5 Å². The molecule has 3 amide bonds. The molecule has 1 heterocycles. The van der Waals surface area contributed by atoms with Crippen molar-refractivity contribution in [3.63, 3.8) is 0 Å². The van der Waals surface area contributed by atoms with Crippen molar-refractivity contribution in [2.24, 2.45) is 0 Å². The average molecular weight is 364 g/mol. The minimum atomic E-state index is -0.605. The number of urea groups is 1. The standard InChI is InChI=1S/C19H20N6O2/c1-12-8-9-16(14(3)10-12)20-19(27)21-17(26)11-25-23-18(22-24-25)15-7-5-4-6-13(15)2/h4-10H,11H2,1-3H3,(H2,20,21,26,27). The Morgan fingerprint density at radius 3 is 2.56 bits per heavy atom. The molecule has 0 atom stereocenters. The molecule has 27 heavy (non-hydrogen) atoms. The van der Waals surface area contributed by atoms with E-state index in [1.807, 2.05) is 57.2 Å². The fourth-order valence-corrected chi connectivity index (χ4v) is 2.64. The second-order valence-corrected chi connectivity index (χ2v) is 6.28. The fraction of sp³-hybridized carbons (Fsp3) is 0.211. The zero-order chi connectivity index (χ0) is 19.4. The summed E-state index contributed by atoms with van der Waals surface area (Å²) in [7, 11) is 0. The Labute approximate surface area is 156 Å². The molecule has 0 fully saturated rings. The first-order valence-corrected chi connectivity index (χ1v) is 8.44. The number of tetrazole rings is 1. The number of anilines is 1. The molecule has 0 radical (unpaired) electrons. The van der Waals surface area contributed by atoms with Crippen molar-refractivity contribution < 1.29 is 9.59 Å². The van der Waals surface area contributed by atoms with Crippen LogP contribution in [0.15, 0.2) is 42.5 Å². The van der Waals surface area contributed by atoms with E-state index in [2.05, 4.69) is 26.0 Å². The minimum absolute atomic E-state index is 0.209. The van der Waals surface area contributed by atoms with Gasteiger partial charge in [0.05, 0.1) is 0 Å². The molecule has 0 saturated carbocycles. The third-order valence-corrected chi connectivity index (χ3v) is 4.01. The average Bonchev–Trinajstić information content (AvgIpc) is 3.05. The lowest BCUT2D eigenvalue weighted by Crippen LogP contribution is -2.37. The largest absolute Gasteiger partial charge is 0.325 e. The Morgan fingerprint density at radius 1 is 1.04 bits per heavy atom. The Kier molecular flexibility index (Phi) is 5.25. The van der Waals surface area contributed by atoms with Crippen LogP contribution in [0, 0.1) is 20.8 Å². The lowest BCUT2D eigenvalue weighted by molar-refractivity contribution is -0.120. The summed E-state index contributed by atoms with van der Waals surface area (Å²) in [5.74, 6) is -0.105. The van der Waals surface area contributed by atoms with Crippen LogP contribution in [0.3, 0.4) is 0 Å². The number of rotatable bonds is 4. The van der Waals surface area contributed by atoms with Gasteiger partial charge in [-0.05, 0) is 43.2 Å². The quantitative estimate of drug-likeness (QED) is 0.741. The normalized spacial score (nSPS) is 10.5. The number of aromatic nitrogens is 4. The molecule has 138 valence electrons. The van der Waals surface area contributed by atoms with Crippen molar-refractivity contribution in [3.05, 3.63) is 59.2 Å². The number of nitrogens with one attached hydrogen (secondary N) is 2. The second kappa shape index (κ2) is 7.77. The van der Waals surface area contributed by atoms with Crippen molar-refractivity contribution in [3.8, 4) is 11.4 Å². The van der Waals surface area contributed by atoms with Gasteiger partial charge in [0.1, 0.15) is 6.54 Å². The molecule has 3 rings (SSSR count). The summed E-state index contributed by atoms with van der Waals surface area (Å²) in [4.78, 5) is 25.2. The van der Waals surface area contributed by atoms with E-state index in [4.69, 9.17) is 0 Å². The third kappa shape index (κ3) is 4.55. The third-order valence-electron chi connectivity index (χ3n) is 4.01. The van der Waals surface area contributed by atoms with E-state index in [0.717, 1.165) is 27.1 Å². The lowest BCUT2D eigenvalue weighted by Gasteiger charge is -2.09. The number of carbonyl (C=O) groups excluding carboxylic acids is 2.